The fourth-order valence-electron chi connectivity index (χ4n) is 2.75. The molecular weight excluding hydrogens is 338 g/mol. The van der Waals surface area contributed by atoms with Crippen LogP contribution in [0.1, 0.15) is 18.4 Å². The minimum absolute atomic E-state index is 0.235. The first-order valence-corrected chi connectivity index (χ1v) is 9.91. The van der Waals surface area contributed by atoms with Gasteiger partial charge in [-0.15, -0.1) is 0 Å². The molecule has 2 aromatic carbocycles. The van der Waals surface area contributed by atoms with Crippen LogP contribution in [-0.2, 0) is 16.4 Å². The van der Waals surface area contributed by atoms with Crippen LogP contribution in [0.4, 0.5) is 0 Å². The molecule has 1 heterocycles. The van der Waals surface area contributed by atoms with Crippen LogP contribution in [0.3, 0.4) is 0 Å². The second-order valence-corrected chi connectivity index (χ2v) is 8.12. The maximum atomic E-state index is 12.8. The van der Waals surface area contributed by atoms with Crippen molar-refractivity contribution in [3.05, 3.63) is 54.1 Å². The fourth-order valence-corrected chi connectivity index (χ4v) is 3.98. The van der Waals surface area contributed by atoms with Crippen molar-refractivity contribution in [3.63, 3.8) is 0 Å². The lowest BCUT2D eigenvalue weighted by atomic mass is 10.1. The number of hydrogen-bond donors (Lipinski definition) is 0. The highest BCUT2D eigenvalue weighted by Gasteiger charge is 2.23. The summed E-state index contributed by atoms with van der Waals surface area (Å²) in [7, 11) is -1.93. The van der Waals surface area contributed by atoms with Gasteiger partial charge in [-0.2, -0.15) is 0 Å². The van der Waals surface area contributed by atoms with Gasteiger partial charge in [-0.05, 0) is 30.5 Å². The first kappa shape index (κ1) is 17.8. The quantitative estimate of drug-likeness (QED) is 0.793. The van der Waals surface area contributed by atoms with E-state index in [0.29, 0.717) is 31.3 Å². The highest BCUT2D eigenvalue weighted by atomic mass is 32.2. The molecule has 1 aliphatic rings. The zero-order chi connectivity index (χ0) is 17.7. The van der Waals surface area contributed by atoms with Crippen molar-refractivity contribution < 1.29 is 17.9 Å². The molecule has 0 saturated carbocycles. The van der Waals surface area contributed by atoms with Crippen LogP contribution in [0.25, 0.3) is 0 Å². The second kappa shape index (κ2) is 7.89. The molecule has 0 spiro atoms. The summed E-state index contributed by atoms with van der Waals surface area (Å²) in [6, 6.07) is 14.9. The summed E-state index contributed by atoms with van der Waals surface area (Å²) in [4.78, 5) is 0.235. The Morgan fingerprint density at radius 1 is 1.00 bits per heavy atom. The summed E-state index contributed by atoms with van der Waals surface area (Å²) in [6.07, 6.45) is 2.41. The van der Waals surface area contributed by atoms with Gasteiger partial charge in [0.25, 0.3) is 0 Å². The highest BCUT2D eigenvalue weighted by Crippen LogP contribution is 2.32. The Morgan fingerprint density at radius 2 is 1.72 bits per heavy atom. The molecule has 6 heteroatoms. The maximum absolute atomic E-state index is 12.8. The topological polar surface area (TPSA) is 55.8 Å². The van der Waals surface area contributed by atoms with Crippen molar-refractivity contribution in [1.82, 2.24) is 4.31 Å². The van der Waals surface area contributed by atoms with Crippen molar-refractivity contribution in [2.24, 2.45) is 0 Å². The van der Waals surface area contributed by atoms with E-state index in [9.17, 15) is 8.42 Å². The van der Waals surface area contributed by atoms with Crippen molar-refractivity contribution in [3.8, 4) is 11.5 Å². The Labute approximate surface area is 149 Å². The molecule has 0 atom stereocenters. The predicted octanol–water partition coefficient (Wildman–Crippen LogP) is 3.10. The van der Waals surface area contributed by atoms with Crippen molar-refractivity contribution in [2.45, 2.75) is 24.2 Å². The summed E-state index contributed by atoms with van der Waals surface area (Å²) in [5.41, 5.74) is 1.21. The van der Waals surface area contributed by atoms with E-state index in [-0.39, 0.29) is 4.90 Å². The van der Waals surface area contributed by atoms with Gasteiger partial charge < -0.3 is 9.47 Å². The van der Waals surface area contributed by atoms with Crippen molar-refractivity contribution >= 4 is 10.0 Å². The number of fused-ring (bicyclic) bond motifs is 1. The molecule has 0 amide bonds. The third-order valence-electron chi connectivity index (χ3n) is 4.21. The van der Waals surface area contributed by atoms with Crippen LogP contribution in [0.5, 0.6) is 11.5 Å². The molecule has 0 fully saturated rings. The average molecular weight is 361 g/mol. The van der Waals surface area contributed by atoms with Crippen LogP contribution in [0.2, 0.25) is 0 Å². The van der Waals surface area contributed by atoms with Crippen LogP contribution in [0.15, 0.2) is 53.4 Å². The molecule has 0 saturated heterocycles. The SMILES string of the molecule is CN(CCCc1ccccc1)S(=O)(=O)c1ccc2c(c1)OCCCO2. The van der Waals surface area contributed by atoms with Crippen molar-refractivity contribution in [2.75, 3.05) is 26.8 Å². The summed E-state index contributed by atoms with van der Waals surface area (Å²) in [6.45, 7) is 1.58. The summed E-state index contributed by atoms with van der Waals surface area (Å²) < 4.78 is 38.1. The van der Waals surface area contributed by atoms with E-state index in [2.05, 4.69) is 12.1 Å². The van der Waals surface area contributed by atoms with Crippen LogP contribution < -0.4 is 9.47 Å². The van der Waals surface area contributed by atoms with Crippen LogP contribution in [-0.4, -0.2) is 39.5 Å². The van der Waals surface area contributed by atoms with Crippen molar-refractivity contribution in [1.29, 1.82) is 0 Å². The second-order valence-electron chi connectivity index (χ2n) is 6.07. The lowest BCUT2D eigenvalue weighted by Gasteiger charge is -2.18. The Hall–Kier alpha value is -2.05. The van der Waals surface area contributed by atoms with E-state index < -0.39 is 10.0 Å². The summed E-state index contributed by atoms with van der Waals surface area (Å²) in [5.74, 6) is 1.10. The summed E-state index contributed by atoms with van der Waals surface area (Å²) in [5, 5.41) is 0. The molecule has 0 aliphatic carbocycles. The molecule has 25 heavy (non-hydrogen) atoms. The summed E-state index contributed by atoms with van der Waals surface area (Å²) >= 11 is 0. The molecule has 0 aromatic heterocycles. The number of nitrogens with zero attached hydrogens (tertiary/aromatic N) is 1. The molecule has 2 aromatic rings. The Balaban J connectivity index is 1.67. The van der Waals surface area contributed by atoms with Gasteiger partial charge in [0, 0.05) is 26.1 Å². The van der Waals surface area contributed by atoms with E-state index in [1.54, 1.807) is 25.2 Å². The Bertz CT molecular complexity index is 805. The molecular formula is C19H23NO4S. The van der Waals surface area contributed by atoms with E-state index in [0.717, 1.165) is 19.3 Å². The van der Waals surface area contributed by atoms with Gasteiger partial charge in [-0.1, -0.05) is 30.3 Å². The van der Waals surface area contributed by atoms with Gasteiger partial charge in [0.1, 0.15) is 0 Å². The monoisotopic (exact) mass is 361 g/mol. The van der Waals surface area contributed by atoms with E-state index in [1.807, 2.05) is 18.2 Å². The molecule has 0 N–H and O–H groups in total. The lowest BCUT2D eigenvalue weighted by molar-refractivity contribution is 0.297. The third kappa shape index (κ3) is 4.32. The molecule has 3 rings (SSSR count). The normalized spacial score (nSPS) is 14.3. The van der Waals surface area contributed by atoms with Gasteiger partial charge in [-0.3, -0.25) is 0 Å². The molecule has 0 bridgehead atoms. The number of hydrogen-bond acceptors (Lipinski definition) is 4. The molecule has 0 unspecified atom stereocenters. The van der Waals surface area contributed by atoms with Gasteiger partial charge in [-0.25, -0.2) is 12.7 Å². The number of benzene rings is 2. The van der Waals surface area contributed by atoms with Crippen LogP contribution in [0, 0.1) is 0 Å². The zero-order valence-corrected chi connectivity index (χ0v) is 15.2. The molecule has 134 valence electrons. The van der Waals surface area contributed by atoms with Gasteiger partial charge in [0.2, 0.25) is 10.0 Å². The fraction of sp³-hybridized carbons (Fsp3) is 0.368. The minimum atomic E-state index is -3.54. The van der Waals surface area contributed by atoms with Gasteiger partial charge in [0.15, 0.2) is 11.5 Å². The smallest absolute Gasteiger partial charge is 0.242 e. The number of sulfonamides is 1. The predicted molar refractivity (Wildman–Crippen MR) is 96.6 cm³/mol. The number of ether oxygens (including phenoxy) is 2. The van der Waals surface area contributed by atoms with Gasteiger partial charge in [0.05, 0.1) is 18.1 Å². The van der Waals surface area contributed by atoms with E-state index >= 15 is 0 Å². The average Bonchev–Trinajstić information content (AvgIpc) is 2.87. The first-order valence-electron chi connectivity index (χ1n) is 8.47. The maximum Gasteiger partial charge on any atom is 0.242 e. The molecule has 0 radical (unpaired) electrons. The number of rotatable bonds is 6. The highest BCUT2D eigenvalue weighted by molar-refractivity contribution is 7.89. The third-order valence-corrected chi connectivity index (χ3v) is 6.06. The van der Waals surface area contributed by atoms with Gasteiger partial charge >= 0.3 is 0 Å². The van der Waals surface area contributed by atoms with E-state index in [4.69, 9.17) is 9.47 Å². The number of aryl methyl sites for hydroxylation is 1. The Morgan fingerprint density at radius 3 is 2.48 bits per heavy atom. The first-order chi connectivity index (χ1) is 12.1. The zero-order valence-electron chi connectivity index (χ0n) is 14.3. The molecule has 5 nitrogen and oxygen atoms in total. The largest absolute Gasteiger partial charge is 0.490 e. The minimum Gasteiger partial charge on any atom is -0.490 e. The lowest BCUT2D eigenvalue weighted by Crippen LogP contribution is -2.28. The Kier molecular flexibility index (Phi) is 5.60. The molecule has 1 aliphatic heterocycles. The van der Waals surface area contributed by atoms with Crippen LogP contribution >= 0.6 is 0 Å². The van der Waals surface area contributed by atoms with E-state index in [1.165, 1.54) is 9.87 Å². The standard InChI is InChI=1S/C19H23NO4S/c1-20(12-5-9-16-7-3-2-4-8-16)25(21,22)17-10-11-18-19(15-17)24-14-6-13-23-18/h2-4,7-8,10-11,15H,5-6,9,12-14H2,1H3.